The van der Waals surface area contributed by atoms with Gasteiger partial charge in [0, 0.05) is 25.1 Å². The number of hydrogen-bond acceptors (Lipinski definition) is 4. The third-order valence-corrected chi connectivity index (χ3v) is 2.35. The number of amides is 1. The van der Waals surface area contributed by atoms with Gasteiger partial charge >= 0.3 is 5.97 Å². The fourth-order valence-electron chi connectivity index (χ4n) is 1.56. The molecule has 0 radical (unpaired) electrons. The number of fused-ring (bicyclic) bond motifs is 1. The van der Waals surface area contributed by atoms with E-state index in [1.807, 2.05) is 0 Å². The van der Waals surface area contributed by atoms with Crippen molar-refractivity contribution in [3.63, 3.8) is 0 Å². The molecule has 0 saturated carbocycles. The number of oxazole rings is 1. The third kappa shape index (κ3) is 2.85. The second-order valence-electron chi connectivity index (χ2n) is 3.86. The molecule has 94 valence electrons. The highest BCUT2D eigenvalue weighted by molar-refractivity contribution is 5.94. The molecule has 18 heavy (non-hydrogen) atoms. The lowest BCUT2D eigenvalue weighted by Crippen LogP contribution is -2.12. The van der Waals surface area contributed by atoms with Crippen LogP contribution >= 0.6 is 0 Å². The second-order valence-corrected chi connectivity index (χ2v) is 3.86. The average Bonchev–Trinajstić information content (AvgIpc) is 2.66. The van der Waals surface area contributed by atoms with Gasteiger partial charge < -0.3 is 14.8 Å². The zero-order valence-electron chi connectivity index (χ0n) is 9.77. The van der Waals surface area contributed by atoms with Crippen molar-refractivity contribution in [2.24, 2.45) is 0 Å². The molecule has 2 aromatic rings. The number of aromatic nitrogens is 1. The lowest BCUT2D eigenvalue weighted by Gasteiger charge is -2.03. The maximum Gasteiger partial charge on any atom is 0.303 e. The van der Waals surface area contributed by atoms with Crippen molar-refractivity contribution >= 4 is 28.7 Å². The maximum atomic E-state index is 11.4. The minimum Gasteiger partial charge on any atom is -0.481 e. The largest absolute Gasteiger partial charge is 0.481 e. The number of carboxylic acids is 1. The Balaban J connectivity index is 2.07. The summed E-state index contributed by atoms with van der Waals surface area (Å²) in [5.74, 6) is -0.779. The normalized spacial score (nSPS) is 10.5. The number of carbonyl (C=O) groups is 2. The Kier molecular flexibility index (Phi) is 3.27. The molecule has 0 unspecified atom stereocenters. The zero-order valence-corrected chi connectivity index (χ0v) is 9.77. The van der Waals surface area contributed by atoms with E-state index in [0.29, 0.717) is 17.2 Å². The highest BCUT2D eigenvalue weighted by atomic mass is 16.4. The molecule has 0 spiro atoms. The van der Waals surface area contributed by atoms with Gasteiger partial charge in [-0.3, -0.25) is 9.59 Å². The molecule has 6 nitrogen and oxygen atoms in total. The first-order chi connectivity index (χ1) is 8.54. The van der Waals surface area contributed by atoms with Crippen LogP contribution in [0, 0.1) is 6.92 Å². The maximum absolute atomic E-state index is 11.4. The summed E-state index contributed by atoms with van der Waals surface area (Å²) in [4.78, 5) is 25.9. The molecule has 2 N–H and O–H groups in total. The van der Waals surface area contributed by atoms with Crippen LogP contribution in [0.4, 0.5) is 5.69 Å². The van der Waals surface area contributed by atoms with Crippen LogP contribution in [-0.2, 0) is 9.59 Å². The fourth-order valence-corrected chi connectivity index (χ4v) is 1.56. The summed E-state index contributed by atoms with van der Waals surface area (Å²) in [6, 6.07) is 5.09. The van der Waals surface area contributed by atoms with Crippen molar-refractivity contribution in [1.29, 1.82) is 0 Å². The molecule has 0 aliphatic carbocycles. The average molecular weight is 248 g/mol. The number of carboxylic acid groups (broad SMARTS) is 1. The number of carbonyl (C=O) groups excluding carboxylic acids is 1. The molecule has 1 amide bonds. The van der Waals surface area contributed by atoms with Gasteiger partial charge in [-0.15, -0.1) is 0 Å². The van der Waals surface area contributed by atoms with Crippen LogP contribution in [0.25, 0.3) is 11.1 Å². The Morgan fingerprint density at radius 1 is 1.39 bits per heavy atom. The summed E-state index contributed by atoms with van der Waals surface area (Å²) < 4.78 is 5.33. The van der Waals surface area contributed by atoms with Gasteiger partial charge in [-0.25, -0.2) is 4.98 Å². The van der Waals surface area contributed by atoms with Crippen LogP contribution in [0.5, 0.6) is 0 Å². The van der Waals surface area contributed by atoms with E-state index < -0.39 is 5.97 Å². The summed E-state index contributed by atoms with van der Waals surface area (Å²) in [5, 5.41) is 11.1. The van der Waals surface area contributed by atoms with Crippen molar-refractivity contribution in [1.82, 2.24) is 4.98 Å². The second kappa shape index (κ2) is 4.87. The van der Waals surface area contributed by atoms with Gasteiger partial charge in [-0.2, -0.15) is 0 Å². The van der Waals surface area contributed by atoms with E-state index in [2.05, 4.69) is 10.3 Å². The lowest BCUT2D eigenvalue weighted by molar-refractivity contribution is -0.138. The highest BCUT2D eigenvalue weighted by Crippen LogP contribution is 2.19. The van der Waals surface area contributed by atoms with Crippen LogP contribution in [0.2, 0.25) is 0 Å². The predicted molar refractivity (Wildman–Crippen MR) is 64.2 cm³/mol. The summed E-state index contributed by atoms with van der Waals surface area (Å²) in [5.41, 5.74) is 1.87. The van der Waals surface area contributed by atoms with E-state index in [1.165, 1.54) is 0 Å². The smallest absolute Gasteiger partial charge is 0.303 e. The monoisotopic (exact) mass is 248 g/mol. The molecule has 6 heteroatoms. The van der Waals surface area contributed by atoms with Gasteiger partial charge in [0.05, 0.1) is 6.42 Å². The lowest BCUT2D eigenvalue weighted by atomic mass is 10.2. The number of nitrogens with zero attached hydrogens (tertiary/aromatic N) is 1. The number of nitrogens with one attached hydrogen (secondary N) is 1. The number of aliphatic carboxylic acids is 1. The molecule has 2 rings (SSSR count). The standard InChI is InChI=1S/C12H12N2O4/c1-7-13-9-3-2-8(6-10(9)18-7)14-11(15)4-5-12(16)17/h2-3,6H,4-5H2,1H3,(H,14,15)(H,16,17). The molecule has 0 fully saturated rings. The fraction of sp³-hybridized carbons (Fsp3) is 0.250. The van der Waals surface area contributed by atoms with Crippen molar-refractivity contribution in [3.8, 4) is 0 Å². The third-order valence-electron chi connectivity index (χ3n) is 2.35. The molecule has 0 atom stereocenters. The molecule has 1 aromatic carbocycles. The summed E-state index contributed by atoms with van der Waals surface area (Å²) in [6.07, 6.45) is -0.238. The first-order valence-corrected chi connectivity index (χ1v) is 5.43. The van der Waals surface area contributed by atoms with Crippen molar-refractivity contribution in [2.45, 2.75) is 19.8 Å². The molecular weight excluding hydrogens is 236 g/mol. The first-order valence-electron chi connectivity index (χ1n) is 5.43. The molecule has 0 bridgehead atoms. The Morgan fingerprint density at radius 3 is 2.89 bits per heavy atom. The van der Waals surface area contributed by atoms with E-state index in [0.717, 1.165) is 5.52 Å². The SMILES string of the molecule is Cc1nc2ccc(NC(=O)CCC(=O)O)cc2o1. The molecule has 0 aliphatic heterocycles. The van der Waals surface area contributed by atoms with Gasteiger partial charge in [0.15, 0.2) is 11.5 Å². The highest BCUT2D eigenvalue weighted by Gasteiger charge is 2.08. The summed E-state index contributed by atoms with van der Waals surface area (Å²) >= 11 is 0. The van der Waals surface area contributed by atoms with Gasteiger partial charge in [-0.1, -0.05) is 0 Å². The Morgan fingerprint density at radius 2 is 2.17 bits per heavy atom. The minimum atomic E-state index is -0.994. The van der Waals surface area contributed by atoms with Crippen LogP contribution in [0.3, 0.4) is 0 Å². The molecule has 1 aromatic heterocycles. The number of rotatable bonds is 4. The molecule has 0 saturated heterocycles. The van der Waals surface area contributed by atoms with Crippen molar-refractivity contribution < 1.29 is 19.1 Å². The van der Waals surface area contributed by atoms with E-state index in [1.54, 1.807) is 25.1 Å². The number of hydrogen-bond donors (Lipinski definition) is 2. The number of aryl methyl sites for hydroxylation is 1. The van der Waals surface area contributed by atoms with E-state index in [4.69, 9.17) is 9.52 Å². The van der Waals surface area contributed by atoms with Crippen LogP contribution in [0.1, 0.15) is 18.7 Å². The van der Waals surface area contributed by atoms with E-state index in [9.17, 15) is 9.59 Å². The summed E-state index contributed by atoms with van der Waals surface area (Å²) in [7, 11) is 0. The van der Waals surface area contributed by atoms with E-state index in [-0.39, 0.29) is 18.7 Å². The summed E-state index contributed by atoms with van der Waals surface area (Å²) in [6.45, 7) is 1.74. The molecule has 0 aliphatic rings. The van der Waals surface area contributed by atoms with Gasteiger partial charge in [-0.05, 0) is 12.1 Å². The first kappa shape index (κ1) is 12.1. The predicted octanol–water partition coefficient (Wildman–Crippen LogP) is 1.94. The van der Waals surface area contributed by atoms with E-state index >= 15 is 0 Å². The van der Waals surface area contributed by atoms with Gasteiger partial charge in [0.2, 0.25) is 5.91 Å². The minimum absolute atomic E-state index is 0.0528. The quantitative estimate of drug-likeness (QED) is 0.862. The van der Waals surface area contributed by atoms with Gasteiger partial charge in [0.25, 0.3) is 0 Å². The molecular formula is C12H12N2O4. The van der Waals surface area contributed by atoms with Crippen molar-refractivity contribution in [2.75, 3.05) is 5.32 Å². The molecule has 1 heterocycles. The Bertz CT molecular complexity index is 603. The van der Waals surface area contributed by atoms with Gasteiger partial charge in [0.1, 0.15) is 5.52 Å². The Labute approximate surface area is 103 Å². The number of anilines is 1. The van der Waals surface area contributed by atoms with Crippen LogP contribution in [-0.4, -0.2) is 22.0 Å². The number of benzene rings is 1. The van der Waals surface area contributed by atoms with Crippen molar-refractivity contribution in [3.05, 3.63) is 24.1 Å². The zero-order chi connectivity index (χ0) is 13.1. The Hall–Kier alpha value is -2.37. The topological polar surface area (TPSA) is 92.4 Å². The van der Waals surface area contributed by atoms with Crippen LogP contribution < -0.4 is 5.32 Å². The van der Waals surface area contributed by atoms with Crippen LogP contribution in [0.15, 0.2) is 22.6 Å².